The summed E-state index contributed by atoms with van der Waals surface area (Å²) >= 11 is 0. The van der Waals surface area contributed by atoms with Gasteiger partial charge in [0.15, 0.2) is 0 Å². The first kappa shape index (κ1) is 16.2. The SMILES string of the molecule is CCN(C)CC(C)CNc1nc(C)nc2c1CCNCC2. The van der Waals surface area contributed by atoms with Crippen molar-refractivity contribution < 1.29 is 0 Å². The number of rotatable bonds is 6. The molecule has 0 amide bonds. The third-order valence-corrected chi connectivity index (χ3v) is 4.08. The number of nitrogens with one attached hydrogen (secondary N) is 2. The Morgan fingerprint density at radius 1 is 1.29 bits per heavy atom. The first-order chi connectivity index (χ1) is 10.1. The molecule has 0 saturated heterocycles. The number of anilines is 1. The van der Waals surface area contributed by atoms with Gasteiger partial charge in [-0.05, 0) is 39.4 Å². The third kappa shape index (κ3) is 4.64. The molecular formula is C16H29N5. The Hall–Kier alpha value is -1.20. The van der Waals surface area contributed by atoms with Crippen molar-refractivity contribution in [3.63, 3.8) is 0 Å². The first-order valence-corrected chi connectivity index (χ1v) is 8.09. The highest BCUT2D eigenvalue weighted by molar-refractivity contribution is 5.47. The molecule has 118 valence electrons. The normalized spacial score (nSPS) is 16.4. The van der Waals surface area contributed by atoms with Crippen LogP contribution >= 0.6 is 0 Å². The fourth-order valence-corrected chi connectivity index (χ4v) is 2.81. The van der Waals surface area contributed by atoms with Gasteiger partial charge in [-0.2, -0.15) is 0 Å². The van der Waals surface area contributed by atoms with E-state index < -0.39 is 0 Å². The lowest BCUT2D eigenvalue weighted by Crippen LogP contribution is -2.28. The molecule has 5 heteroatoms. The van der Waals surface area contributed by atoms with E-state index in [1.54, 1.807) is 0 Å². The second-order valence-corrected chi connectivity index (χ2v) is 6.14. The molecule has 0 spiro atoms. The van der Waals surface area contributed by atoms with E-state index in [1.165, 1.54) is 11.3 Å². The molecule has 2 rings (SSSR count). The van der Waals surface area contributed by atoms with E-state index in [0.29, 0.717) is 5.92 Å². The zero-order valence-electron chi connectivity index (χ0n) is 13.9. The molecule has 1 aromatic heterocycles. The van der Waals surface area contributed by atoms with Gasteiger partial charge in [-0.15, -0.1) is 0 Å². The second kappa shape index (κ2) is 7.71. The topological polar surface area (TPSA) is 53.1 Å². The van der Waals surface area contributed by atoms with Crippen molar-refractivity contribution in [2.24, 2.45) is 5.92 Å². The summed E-state index contributed by atoms with van der Waals surface area (Å²) in [4.78, 5) is 11.6. The summed E-state index contributed by atoms with van der Waals surface area (Å²) in [5, 5.41) is 7.00. The van der Waals surface area contributed by atoms with Crippen LogP contribution in [-0.4, -0.2) is 54.6 Å². The third-order valence-electron chi connectivity index (χ3n) is 4.08. The van der Waals surface area contributed by atoms with Crippen molar-refractivity contribution in [3.8, 4) is 0 Å². The van der Waals surface area contributed by atoms with Crippen molar-refractivity contribution in [1.82, 2.24) is 20.2 Å². The van der Waals surface area contributed by atoms with Gasteiger partial charge in [0, 0.05) is 31.6 Å². The molecule has 0 saturated carbocycles. The molecule has 2 heterocycles. The smallest absolute Gasteiger partial charge is 0.133 e. The molecule has 0 fully saturated rings. The van der Waals surface area contributed by atoms with Gasteiger partial charge in [-0.25, -0.2) is 9.97 Å². The Labute approximate surface area is 128 Å². The Morgan fingerprint density at radius 3 is 2.81 bits per heavy atom. The lowest BCUT2D eigenvalue weighted by molar-refractivity contribution is 0.305. The fraction of sp³-hybridized carbons (Fsp3) is 0.750. The highest BCUT2D eigenvalue weighted by Gasteiger charge is 2.16. The summed E-state index contributed by atoms with van der Waals surface area (Å²) in [6, 6.07) is 0. The minimum Gasteiger partial charge on any atom is -0.369 e. The van der Waals surface area contributed by atoms with E-state index in [-0.39, 0.29) is 0 Å². The van der Waals surface area contributed by atoms with Gasteiger partial charge in [0.05, 0.1) is 5.69 Å². The van der Waals surface area contributed by atoms with Crippen LogP contribution in [0.5, 0.6) is 0 Å². The Bertz CT molecular complexity index is 460. The number of nitrogens with zero attached hydrogens (tertiary/aromatic N) is 3. The molecule has 1 aliphatic heterocycles. The molecular weight excluding hydrogens is 262 g/mol. The van der Waals surface area contributed by atoms with Crippen LogP contribution in [0.4, 0.5) is 5.82 Å². The van der Waals surface area contributed by atoms with Crippen LogP contribution in [0.3, 0.4) is 0 Å². The monoisotopic (exact) mass is 291 g/mol. The van der Waals surface area contributed by atoms with E-state index in [4.69, 9.17) is 0 Å². The van der Waals surface area contributed by atoms with Gasteiger partial charge < -0.3 is 15.5 Å². The van der Waals surface area contributed by atoms with Crippen molar-refractivity contribution in [3.05, 3.63) is 17.1 Å². The van der Waals surface area contributed by atoms with Crippen LogP contribution < -0.4 is 10.6 Å². The summed E-state index contributed by atoms with van der Waals surface area (Å²) in [7, 11) is 2.17. The summed E-state index contributed by atoms with van der Waals surface area (Å²) in [5.41, 5.74) is 2.52. The van der Waals surface area contributed by atoms with Gasteiger partial charge >= 0.3 is 0 Å². The number of hydrogen-bond acceptors (Lipinski definition) is 5. The lowest BCUT2D eigenvalue weighted by atomic mass is 10.1. The molecule has 21 heavy (non-hydrogen) atoms. The molecule has 0 radical (unpaired) electrons. The van der Waals surface area contributed by atoms with Crippen LogP contribution in [0.2, 0.25) is 0 Å². The van der Waals surface area contributed by atoms with Crippen molar-refractivity contribution in [2.45, 2.75) is 33.6 Å². The zero-order chi connectivity index (χ0) is 15.2. The van der Waals surface area contributed by atoms with E-state index in [9.17, 15) is 0 Å². The van der Waals surface area contributed by atoms with Gasteiger partial charge in [0.2, 0.25) is 0 Å². The molecule has 5 nitrogen and oxygen atoms in total. The minimum absolute atomic E-state index is 0.602. The maximum atomic E-state index is 4.64. The van der Waals surface area contributed by atoms with Crippen molar-refractivity contribution in [2.75, 3.05) is 45.1 Å². The molecule has 1 aromatic rings. The Balaban J connectivity index is 2.04. The fourth-order valence-electron chi connectivity index (χ4n) is 2.81. The number of fused-ring (bicyclic) bond motifs is 1. The van der Waals surface area contributed by atoms with E-state index in [0.717, 1.165) is 57.2 Å². The van der Waals surface area contributed by atoms with Gasteiger partial charge in [0.1, 0.15) is 11.6 Å². The van der Waals surface area contributed by atoms with Crippen LogP contribution in [0.1, 0.15) is 30.9 Å². The van der Waals surface area contributed by atoms with Crippen LogP contribution in [0, 0.1) is 12.8 Å². The number of hydrogen-bond donors (Lipinski definition) is 2. The van der Waals surface area contributed by atoms with Crippen molar-refractivity contribution >= 4 is 5.82 Å². The molecule has 0 aromatic carbocycles. The molecule has 1 aliphatic rings. The summed E-state index contributed by atoms with van der Waals surface area (Å²) in [5.74, 6) is 2.52. The van der Waals surface area contributed by atoms with Crippen LogP contribution in [-0.2, 0) is 12.8 Å². The maximum absolute atomic E-state index is 4.64. The zero-order valence-corrected chi connectivity index (χ0v) is 13.9. The Kier molecular flexibility index (Phi) is 5.94. The molecule has 0 aliphatic carbocycles. The number of aromatic nitrogens is 2. The highest BCUT2D eigenvalue weighted by atomic mass is 15.1. The largest absolute Gasteiger partial charge is 0.369 e. The lowest BCUT2D eigenvalue weighted by Gasteiger charge is -2.21. The predicted octanol–water partition coefficient (Wildman–Crippen LogP) is 1.47. The first-order valence-electron chi connectivity index (χ1n) is 8.09. The average Bonchev–Trinajstić information content (AvgIpc) is 2.69. The summed E-state index contributed by atoms with van der Waals surface area (Å²) in [6.07, 6.45) is 2.02. The maximum Gasteiger partial charge on any atom is 0.133 e. The van der Waals surface area contributed by atoms with Gasteiger partial charge in [0.25, 0.3) is 0 Å². The van der Waals surface area contributed by atoms with E-state index in [2.05, 4.69) is 46.4 Å². The van der Waals surface area contributed by atoms with Crippen molar-refractivity contribution in [1.29, 1.82) is 0 Å². The van der Waals surface area contributed by atoms with E-state index >= 15 is 0 Å². The molecule has 0 bridgehead atoms. The standard InChI is InChI=1S/C16H29N5/c1-5-21(4)11-12(2)10-18-16-14-6-8-17-9-7-15(14)19-13(3)20-16/h12,17H,5-11H2,1-4H3,(H,18,19,20). The average molecular weight is 291 g/mol. The summed E-state index contributed by atoms with van der Waals surface area (Å²) in [6.45, 7) is 11.7. The predicted molar refractivity (Wildman–Crippen MR) is 87.9 cm³/mol. The van der Waals surface area contributed by atoms with Gasteiger partial charge in [-0.1, -0.05) is 13.8 Å². The highest BCUT2D eigenvalue weighted by Crippen LogP contribution is 2.20. The second-order valence-electron chi connectivity index (χ2n) is 6.14. The number of aryl methyl sites for hydroxylation is 1. The molecule has 1 atom stereocenters. The van der Waals surface area contributed by atoms with E-state index in [1.807, 2.05) is 6.92 Å². The van der Waals surface area contributed by atoms with Gasteiger partial charge in [-0.3, -0.25) is 0 Å². The molecule has 1 unspecified atom stereocenters. The minimum atomic E-state index is 0.602. The summed E-state index contributed by atoms with van der Waals surface area (Å²) < 4.78 is 0. The van der Waals surface area contributed by atoms with Crippen LogP contribution in [0.25, 0.3) is 0 Å². The Morgan fingerprint density at radius 2 is 2.05 bits per heavy atom. The van der Waals surface area contributed by atoms with Crippen LogP contribution in [0.15, 0.2) is 0 Å². The molecule has 2 N–H and O–H groups in total. The quantitative estimate of drug-likeness (QED) is 0.831.